The predicted octanol–water partition coefficient (Wildman–Crippen LogP) is 2.41. The molecule has 7 nitrogen and oxygen atoms in total. The Morgan fingerprint density at radius 2 is 2.13 bits per heavy atom. The molecule has 0 amide bonds. The molecule has 30 heavy (non-hydrogen) atoms. The SMILES string of the molecule is CCNC(=NCc1ccccc1-n1nc(C)cc1C)NCC1CN2CCCC2CO1. The molecule has 0 aliphatic carbocycles. The third-order valence-corrected chi connectivity index (χ3v) is 5.94. The van der Waals surface area contributed by atoms with Crippen LogP contribution in [0.5, 0.6) is 0 Å². The minimum Gasteiger partial charge on any atom is -0.373 e. The Morgan fingerprint density at radius 3 is 2.93 bits per heavy atom. The number of rotatable bonds is 6. The van der Waals surface area contributed by atoms with Crippen LogP contribution in [0.15, 0.2) is 35.3 Å². The van der Waals surface area contributed by atoms with Gasteiger partial charge in [0.25, 0.3) is 0 Å². The van der Waals surface area contributed by atoms with Gasteiger partial charge in [0.05, 0.1) is 30.6 Å². The van der Waals surface area contributed by atoms with E-state index in [1.807, 2.05) is 11.6 Å². The summed E-state index contributed by atoms with van der Waals surface area (Å²) < 4.78 is 8.08. The molecule has 2 unspecified atom stereocenters. The molecule has 0 bridgehead atoms. The van der Waals surface area contributed by atoms with Crippen molar-refractivity contribution in [3.63, 3.8) is 0 Å². The van der Waals surface area contributed by atoms with Crippen molar-refractivity contribution in [2.24, 2.45) is 4.99 Å². The molecule has 4 rings (SSSR count). The Morgan fingerprint density at radius 1 is 1.27 bits per heavy atom. The van der Waals surface area contributed by atoms with E-state index in [0.29, 0.717) is 12.6 Å². The Hall–Kier alpha value is -2.38. The largest absolute Gasteiger partial charge is 0.373 e. The zero-order chi connectivity index (χ0) is 20.9. The number of hydrogen-bond donors (Lipinski definition) is 2. The lowest BCUT2D eigenvalue weighted by molar-refractivity contribution is -0.0453. The lowest BCUT2D eigenvalue weighted by Crippen LogP contribution is -2.51. The number of aliphatic imine (C=N–C) groups is 1. The number of nitrogens with zero attached hydrogens (tertiary/aromatic N) is 4. The van der Waals surface area contributed by atoms with E-state index in [2.05, 4.69) is 64.8 Å². The number of ether oxygens (including phenoxy) is 1. The predicted molar refractivity (Wildman–Crippen MR) is 120 cm³/mol. The van der Waals surface area contributed by atoms with Crippen LogP contribution in [0, 0.1) is 13.8 Å². The minimum atomic E-state index is 0.213. The fraction of sp³-hybridized carbons (Fsp3) is 0.565. The van der Waals surface area contributed by atoms with Crippen molar-refractivity contribution in [3.8, 4) is 5.69 Å². The van der Waals surface area contributed by atoms with Gasteiger partial charge in [-0.2, -0.15) is 5.10 Å². The van der Waals surface area contributed by atoms with Crippen LogP contribution in [0.1, 0.15) is 36.7 Å². The lowest BCUT2D eigenvalue weighted by atomic mass is 10.2. The summed E-state index contributed by atoms with van der Waals surface area (Å²) in [5.74, 6) is 0.827. The summed E-state index contributed by atoms with van der Waals surface area (Å²) in [6, 6.07) is 11.1. The van der Waals surface area contributed by atoms with Gasteiger partial charge in [0.2, 0.25) is 0 Å². The van der Waals surface area contributed by atoms with E-state index in [4.69, 9.17) is 9.73 Å². The number of nitrogens with one attached hydrogen (secondary N) is 2. The first kappa shape index (κ1) is 20.9. The third kappa shape index (κ3) is 4.84. The number of para-hydroxylation sites is 1. The zero-order valence-electron chi connectivity index (χ0n) is 18.4. The first-order valence-corrected chi connectivity index (χ1v) is 11.1. The summed E-state index contributed by atoms with van der Waals surface area (Å²) in [4.78, 5) is 7.42. The normalized spacial score (nSPS) is 22.2. The van der Waals surface area contributed by atoms with Gasteiger partial charge in [0.1, 0.15) is 0 Å². The molecule has 0 saturated carbocycles. The van der Waals surface area contributed by atoms with Crippen molar-refractivity contribution >= 4 is 5.96 Å². The monoisotopic (exact) mass is 410 g/mol. The van der Waals surface area contributed by atoms with E-state index in [-0.39, 0.29) is 6.10 Å². The Balaban J connectivity index is 1.41. The van der Waals surface area contributed by atoms with E-state index in [0.717, 1.165) is 54.8 Å². The molecular formula is C23H34N6O. The van der Waals surface area contributed by atoms with Gasteiger partial charge in [-0.15, -0.1) is 0 Å². The van der Waals surface area contributed by atoms with Crippen LogP contribution in [0.25, 0.3) is 5.69 Å². The van der Waals surface area contributed by atoms with Gasteiger partial charge in [-0.1, -0.05) is 18.2 Å². The van der Waals surface area contributed by atoms with E-state index < -0.39 is 0 Å². The fourth-order valence-corrected chi connectivity index (χ4v) is 4.45. The maximum Gasteiger partial charge on any atom is 0.191 e. The quantitative estimate of drug-likeness (QED) is 0.566. The molecule has 162 valence electrons. The smallest absolute Gasteiger partial charge is 0.191 e. The van der Waals surface area contributed by atoms with Crippen LogP contribution >= 0.6 is 0 Å². The summed E-state index contributed by atoms with van der Waals surface area (Å²) in [6.45, 7) is 11.5. The van der Waals surface area contributed by atoms with Gasteiger partial charge in [-0.05, 0) is 57.9 Å². The topological polar surface area (TPSA) is 66.7 Å². The average molecular weight is 411 g/mol. The zero-order valence-corrected chi connectivity index (χ0v) is 18.4. The van der Waals surface area contributed by atoms with E-state index in [1.54, 1.807) is 0 Å². The second-order valence-corrected chi connectivity index (χ2v) is 8.29. The molecule has 7 heteroatoms. The van der Waals surface area contributed by atoms with Crippen LogP contribution < -0.4 is 10.6 Å². The van der Waals surface area contributed by atoms with Crippen LogP contribution in [0.4, 0.5) is 0 Å². The number of guanidine groups is 1. The maximum atomic E-state index is 6.08. The molecule has 0 radical (unpaired) electrons. The van der Waals surface area contributed by atoms with Crippen molar-refractivity contribution in [3.05, 3.63) is 47.3 Å². The summed E-state index contributed by atoms with van der Waals surface area (Å²) in [5.41, 5.74) is 4.38. The molecule has 2 aliphatic heterocycles. The number of fused-ring (bicyclic) bond motifs is 1. The van der Waals surface area contributed by atoms with Gasteiger partial charge in [0.15, 0.2) is 5.96 Å². The highest BCUT2D eigenvalue weighted by Gasteiger charge is 2.32. The fourth-order valence-electron chi connectivity index (χ4n) is 4.45. The van der Waals surface area contributed by atoms with Gasteiger partial charge in [-0.25, -0.2) is 9.67 Å². The number of benzene rings is 1. The van der Waals surface area contributed by atoms with Crippen LogP contribution in [-0.2, 0) is 11.3 Å². The molecule has 2 aliphatic rings. The summed E-state index contributed by atoms with van der Waals surface area (Å²) in [7, 11) is 0. The molecule has 2 atom stereocenters. The molecule has 3 heterocycles. The molecule has 2 fully saturated rings. The second-order valence-electron chi connectivity index (χ2n) is 8.29. The molecule has 0 spiro atoms. The Labute approximate surface area is 179 Å². The first-order chi connectivity index (χ1) is 14.6. The number of morpholine rings is 1. The molecule has 1 aromatic carbocycles. The maximum absolute atomic E-state index is 6.08. The first-order valence-electron chi connectivity index (χ1n) is 11.1. The van der Waals surface area contributed by atoms with Crippen LogP contribution in [0.3, 0.4) is 0 Å². The van der Waals surface area contributed by atoms with Crippen molar-refractivity contribution in [2.45, 2.75) is 52.3 Å². The molecule has 2 N–H and O–H groups in total. The highest BCUT2D eigenvalue weighted by molar-refractivity contribution is 5.79. The van der Waals surface area contributed by atoms with Crippen LogP contribution in [-0.4, -0.2) is 65.6 Å². The summed E-state index contributed by atoms with van der Waals surface area (Å²) in [6.07, 6.45) is 2.79. The van der Waals surface area contributed by atoms with E-state index in [9.17, 15) is 0 Å². The number of hydrogen-bond acceptors (Lipinski definition) is 4. The summed E-state index contributed by atoms with van der Waals surface area (Å²) in [5, 5.41) is 11.5. The molecule has 1 aromatic heterocycles. The van der Waals surface area contributed by atoms with Gasteiger partial charge >= 0.3 is 0 Å². The number of aromatic nitrogens is 2. The average Bonchev–Trinajstić information content (AvgIpc) is 3.35. The van der Waals surface area contributed by atoms with Crippen molar-refractivity contribution < 1.29 is 4.74 Å². The van der Waals surface area contributed by atoms with Crippen molar-refractivity contribution in [1.29, 1.82) is 0 Å². The van der Waals surface area contributed by atoms with Crippen LogP contribution in [0.2, 0.25) is 0 Å². The van der Waals surface area contributed by atoms with E-state index >= 15 is 0 Å². The molecule has 2 aromatic rings. The highest BCUT2D eigenvalue weighted by atomic mass is 16.5. The van der Waals surface area contributed by atoms with Gasteiger partial charge in [-0.3, -0.25) is 4.90 Å². The van der Waals surface area contributed by atoms with Gasteiger partial charge in [0, 0.05) is 31.4 Å². The third-order valence-electron chi connectivity index (χ3n) is 5.94. The Bertz CT molecular complexity index is 876. The van der Waals surface area contributed by atoms with E-state index in [1.165, 1.54) is 19.4 Å². The highest BCUT2D eigenvalue weighted by Crippen LogP contribution is 2.22. The number of aryl methyl sites for hydroxylation is 2. The van der Waals surface area contributed by atoms with Crippen molar-refractivity contribution in [1.82, 2.24) is 25.3 Å². The molecular weight excluding hydrogens is 376 g/mol. The standard InChI is InChI=1S/C23H34N6O/c1-4-24-23(26-14-21-15-28-11-7-9-20(28)16-30-21)25-13-19-8-5-6-10-22(19)29-18(3)12-17(2)27-29/h5-6,8,10,12,20-21H,4,7,9,11,13-16H2,1-3H3,(H2,24,25,26). The van der Waals surface area contributed by atoms with Crippen molar-refractivity contribution in [2.75, 3.05) is 32.8 Å². The van der Waals surface area contributed by atoms with Gasteiger partial charge < -0.3 is 15.4 Å². The lowest BCUT2D eigenvalue weighted by Gasteiger charge is -2.35. The minimum absolute atomic E-state index is 0.213. The second kappa shape index (κ2) is 9.62. The molecule has 2 saturated heterocycles. The Kier molecular flexibility index (Phi) is 6.69. The summed E-state index contributed by atoms with van der Waals surface area (Å²) >= 11 is 0.